The molecule has 3 aromatic carbocycles. The van der Waals surface area contributed by atoms with Gasteiger partial charge in [0.15, 0.2) is 0 Å². The number of benzene rings is 3. The van der Waals surface area contributed by atoms with Crippen molar-refractivity contribution in [3.8, 4) is 0 Å². The molecule has 3 unspecified atom stereocenters. The lowest BCUT2D eigenvalue weighted by Gasteiger charge is -2.27. The van der Waals surface area contributed by atoms with Crippen molar-refractivity contribution < 1.29 is 14.7 Å². The van der Waals surface area contributed by atoms with Crippen LogP contribution in [-0.2, 0) is 35.2 Å². The van der Waals surface area contributed by atoms with Crippen molar-refractivity contribution in [3.63, 3.8) is 0 Å². The summed E-state index contributed by atoms with van der Waals surface area (Å²) in [5.41, 5.74) is 9.23. The zero-order chi connectivity index (χ0) is 26.7. The fraction of sp³-hybridized carbons (Fsp3) is 0.310. The molecule has 9 nitrogen and oxygen atoms in total. The lowest BCUT2D eigenvalue weighted by Crippen LogP contribution is -2.51. The predicted octanol–water partition coefficient (Wildman–Crippen LogP) is 2.03. The smallest absolute Gasteiger partial charge is 0.243 e. The average Bonchev–Trinajstić information content (AvgIpc) is 3.51. The van der Waals surface area contributed by atoms with Crippen molar-refractivity contribution in [2.45, 2.75) is 43.5 Å². The van der Waals surface area contributed by atoms with Gasteiger partial charge in [-0.3, -0.25) is 9.59 Å². The SMILES string of the molecule is Cn1nnc2cc(CNC(=O)C3CC(O)(c4ccccc4)CN3C(=O)C(N)CCc3ccccc3)ccc21. The Bertz CT molecular complexity index is 1420. The van der Waals surface area contributed by atoms with E-state index in [1.165, 1.54) is 4.90 Å². The number of amides is 2. The molecule has 4 N–H and O–H groups in total. The molecule has 2 heterocycles. The Morgan fingerprint density at radius 3 is 2.53 bits per heavy atom. The Labute approximate surface area is 221 Å². The second kappa shape index (κ2) is 10.7. The lowest BCUT2D eigenvalue weighted by atomic mass is 9.91. The molecular weight excluding hydrogens is 480 g/mol. The second-order valence-corrected chi connectivity index (χ2v) is 9.97. The molecule has 0 saturated carbocycles. The van der Waals surface area contributed by atoms with Crippen LogP contribution in [0.3, 0.4) is 0 Å². The van der Waals surface area contributed by atoms with Crippen LogP contribution in [0, 0.1) is 0 Å². The van der Waals surface area contributed by atoms with Gasteiger partial charge < -0.3 is 21.1 Å². The van der Waals surface area contributed by atoms with Gasteiger partial charge in [-0.1, -0.05) is 71.9 Å². The van der Waals surface area contributed by atoms with Crippen LogP contribution in [0.2, 0.25) is 0 Å². The highest BCUT2D eigenvalue weighted by molar-refractivity contribution is 5.90. The second-order valence-electron chi connectivity index (χ2n) is 9.97. The van der Waals surface area contributed by atoms with Gasteiger partial charge >= 0.3 is 0 Å². The van der Waals surface area contributed by atoms with Gasteiger partial charge in [-0.2, -0.15) is 0 Å². The van der Waals surface area contributed by atoms with Crippen LogP contribution in [0.25, 0.3) is 11.0 Å². The number of nitrogens with two attached hydrogens (primary N) is 1. The number of aryl methyl sites for hydroxylation is 2. The first-order valence-electron chi connectivity index (χ1n) is 12.8. The highest BCUT2D eigenvalue weighted by atomic mass is 16.3. The van der Waals surface area contributed by atoms with E-state index < -0.39 is 17.7 Å². The molecule has 2 amide bonds. The Kier molecular flexibility index (Phi) is 7.22. The molecule has 3 atom stereocenters. The molecule has 4 aromatic rings. The summed E-state index contributed by atoms with van der Waals surface area (Å²) in [4.78, 5) is 28.4. The van der Waals surface area contributed by atoms with Crippen molar-refractivity contribution >= 4 is 22.8 Å². The van der Waals surface area contributed by atoms with E-state index in [0.29, 0.717) is 18.4 Å². The number of hydrogen-bond donors (Lipinski definition) is 3. The number of aliphatic hydroxyl groups is 1. The van der Waals surface area contributed by atoms with E-state index in [1.807, 2.05) is 85.9 Å². The van der Waals surface area contributed by atoms with E-state index >= 15 is 0 Å². The van der Waals surface area contributed by atoms with E-state index in [9.17, 15) is 14.7 Å². The molecule has 0 radical (unpaired) electrons. The molecule has 1 aliphatic rings. The number of fused-ring (bicyclic) bond motifs is 1. The molecule has 0 aliphatic carbocycles. The quantitative estimate of drug-likeness (QED) is 0.332. The third kappa shape index (κ3) is 5.29. The summed E-state index contributed by atoms with van der Waals surface area (Å²) in [6.45, 7) is 0.256. The first kappa shape index (κ1) is 25.6. The lowest BCUT2D eigenvalue weighted by molar-refractivity contribution is -0.139. The molecule has 1 aliphatic heterocycles. The van der Waals surface area contributed by atoms with Crippen LogP contribution in [0.15, 0.2) is 78.9 Å². The van der Waals surface area contributed by atoms with Gasteiger partial charge in [0, 0.05) is 20.0 Å². The molecule has 9 heteroatoms. The van der Waals surface area contributed by atoms with Gasteiger partial charge in [-0.25, -0.2) is 4.68 Å². The summed E-state index contributed by atoms with van der Waals surface area (Å²) in [5.74, 6) is -0.673. The summed E-state index contributed by atoms with van der Waals surface area (Å²) in [6.07, 6.45) is 1.17. The molecule has 1 aromatic heterocycles. The van der Waals surface area contributed by atoms with Crippen molar-refractivity contribution in [2.75, 3.05) is 6.54 Å². The minimum absolute atomic E-state index is 0.00145. The number of carbonyl (C=O) groups excluding carboxylic acids is 2. The molecular formula is C29H32N6O3. The number of hydrogen-bond acceptors (Lipinski definition) is 6. The van der Waals surface area contributed by atoms with Crippen LogP contribution in [0.5, 0.6) is 0 Å². The number of aromatic nitrogens is 3. The summed E-state index contributed by atoms with van der Waals surface area (Å²) < 4.78 is 1.69. The van der Waals surface area contributed by atoms with E-state index in [0.717, 1.165) is 22.2 Å². The van der Waals surface area contributed by atoms with Crippen molar-refractivity contribution in [3.05, 3.63) is 95.6 Å². The van der Waals surface area contributed by atoms with Gasteiger partial charge in [0.1, 0.15) is 17.2 Å². The minimum atomic E-state index is -1.35. The van der Waals surface area contributed by atoms with Crippen LogP contribution < -0.4 is 11.1 Å². The Hall–Kier alpha value is -4.08. The van der Waals surface area contributed by atoms with E-state index in [2.05, 4.69) is 15.6 Å². The van der Waals surface area contributed by atoms with Gasteiger partial charge in [-0.05, 0) is 41.7 Å². The van der Waals surface area contributed by atoms with E-state index in [1.54, 1.807) is 4.68 Å². The van der Waals surface area contributed by atoms with Crippen LogP contribution in [0.4, 0.5) is 0 Å². The minimum Gasteiger partial charge on any atom is -0.383 e. The number of likely N-dealkylation sites (tertiary alicyclic amines) is 1. The van der Waals surface area contributed by atoms with Crippen molar-refractivity contribution in [1.82, 2.24) is 25.2 Å². The molecule has 1 saturated heterocycles. The summed E-state index contributed by atoms with van der Waals surface area (Å²) >= 11 is 0. The number of β-amino-alcohol motifs (C(OH)–C–C–N with tert-alkyl or cyclic N) is 1. The summed E-state index contributed by atoms with van der Waals surface area (Å²) in [5, 5.41) is 22.7. The fourth-order valence-electron chi connectivity index (χ4n) is 5.12. The van der Waals surface area contributed by atoms with Gasteiger partial charge in [-0.15, -0.1) is 5.10 Å². The van der Waals surface area contributed by atoms with Gasteiger partial charge in [0.25, 0.3) is 0 Å². The molecule has 5 rings (SSSR count). The predicted molar refractivity (Wildman–Crippen MR) is 144 cm³/mol. The van der Waals surface area contributed by atoms with Gasteiger partial charge in [0.2, 0.25) is 11.8 Å². The van der Waals surface area contributed by atoms with Crippen LogP contribution in [0.1, 0.15) is 29.5 Å². The maximum Gasteiger partial charge on any atom is 0.243 e. The maximum atomic E-state index is 13.5. The summed E-state index contributed by atoms with van der Waals surface area (Å²) in [7, 11) is 1.82. The topological polar surface area (TPSA) is 126 Å². The Morgan fingerprint density at radius 1 is 1.08 bits per heavy atom. The maximum absolute atomic E-state index is 13.5. The zero-order valence-corrected chi connectivity index (χ0v) is 21.3. The molecule has 38 heavy (non-hydrogen) atoms. The Morgan fingerprint density at radius 2 is 1.79 bits per heavy atom. The zero-order valence-electron chi connectivity index (χ0n) is 21.3. The molecule has 196 valence electrons. The number of nitrogens with zero attached hydrogens (tertiary/aromatic N) is 4. The summed E-state index contributed by atoms with van der Waals surface area (Å²) in [6, 6.07) is 23.0. The van der Waals surface area contributed by atoms with Crippen LogP contribution in [-0.4, -0.2) is 55.4 Å². The first-order chi connectivity index (χ1) is 18.3. The number of carbonyl (C=O) groups is 2. The van der Waals surface area contributed by atoms with E-state index in [-0.39, 0.29) is 31.3 Å². The highest BCUT2D eigenvalue weighted by Gasteiger charge is 2.49. The highest BCUT2D eigenvalue weighted by Crippen LogP contribution is 2.36. The monoisotopic (exact) mass is 512 g/mol. The molecule has 0 bridgehead atoms. The fourth-order valence-corrected chi connectivity index (χ4v) is 5.12. The van der Waals surface area contributed by atoms with E-state index in [4.69, 9.17) is 5.73 Å². The third-order valence-electron chi connectivity index (χ3n) is 7.28. The van der Waals surface area contributed by atoms with Crippen molar-refractivity contribution in [1.29, 1.82) is 0 Å². The number of nitrogens with one attached hydrogen (secondary N) is 1. The normalized spacial score (nSPS) is 20.0. The average molecular weight is 513 g/mol. The largest absolute Gasteiger partial charge is 0.383 e. The van der Waals surface area contributed by atoms with Crippen LogP contribution >= 0.6 is 0 Å². The Balaban J connectivity index is 1.32. The van der Waals surface area contributed by atoms with Crippen molar-refractivity contribution in [2.24, 2.45) is 12.8 Å². The standard InChI is InChI=1S/C29H32N6O3/c1-34-25-15-13-21(16-24(25)32-33-34)18-31-27(36)26-17-29(38,22-10-6-3-7-11-22)19-35(26)28(37)23(30)14-12-20-8-4-2-5-9-20/h2-11,13,15-16,23,26,38H,12,14,17-19,30H2,1H3,(H,31,36). The number of rotatable bonds is 8. The first-order valence-corrected chi connectivity index (χ1v) is 12.8. The van der Waals surface area contributed by atoms with Gasteiger partial charge in [0.05, 0.1) is 18.1 Å². The molecule has 1 fully saturated rings. The third-order valence-corrected chi connectivity index (χ3v) is 7.28. The molecule has 0 spiro atoms.